The zero-order valence-corrected chi connectivity index (χ0v) is 21.3. The van der Waals surface area contributed by atoms with Gasteiger partial charge in [-0.25, -0.2) is 9.59 Å². The summed E-state index contributed by atoms with van der Waals surface area (Å²) >= 11 is 0. The molecule has 1 aromatic heterocycles. The Balaban J connectivity index is 1.34. The molecule has 4 rings (SSSR count). The first-order valence-electron chi connectivity index (χ1n) is 12.7. The molecule has 1 N–H and O–H groups in total. The van der Waals surface area contributed by atoms with Gasteiger partial charge in [0, 0.05) is 18.5 Å². The zero-order valence-electron chi connectivity index (χ0n) is 21.3. The van der Waals surface area contributed by atoms with Crippen LogP contribution < -0.4 is 4.74 Å². The van der Waals surface area contributed by atoms with E-state index in [0.717, 1.165) is 48.8 Å². The number of hydrogen-bond acceptors (Lipinski definition) is 4. The van der Waals surface area contributed by atoms with Crippen molar-refractivity contribution in [3.05, 3.63) is 71.9 Å². The van der Waals surface area contributed by atoms with Crippen LogP contribution in [0.4, 0.5) is 4.79 Å². The lowest BCUT2D eigenvalue weighted by Crippen LogP contribution is -2.37. The summed E-state index contributed by atoms with van der Waals surface area (Å²) in [6.45, 7) is 7.17. The lowest BCUT2D eigenvalue weighted by atomic mass is 10.0. The Morgan fingerprint density at radius 2 is 1.86 bits per heavy atom. The summed E-state index contributed by atoms with van der Waals surface area (Å²) in [5.74, 6) is -0.459. The van der Waals surface area contributed by atoms with Crippen LogP contribution in [0.25, 0.3) is 10.9 Å². The molecule has 1 fully saturated rings. The highest BCUT2D eigenvalue weighted by atomic mass is 16.5. The molecule has 1 atom stereocenters. The number of carbonyl (C=O) groups excluding carboxylic acids is 1. The van der Waals surface area contributed by atoms with E-state index in [0.29, 0.717) is 18.8 Å². The number of fused-ring (bicyclic) bond motifs is 1. The Morgan fingerprint density at radius 3 is 2.58 bits per heavy atom. The second-order valence-electron chi connectivity index (χ2n) is 9.96. The van der Waals surface area contributed by atoms with Gasteiger partial charge in [-0.3, -0.25) is 4.98 Å². The molecule has 1 unspecified atom stereocenters. The molecule has 0 saturated carbocycles. The molecule has 1 aliphatic rings. The number of amides is 2. The first-order chi connectivity index (χ1) is 17.3. The largest absolute Gasteiger partial charge is 0.478 e. The smallest absolute Gasteiger partial charge is 0.347 e. The van der Waals surface area contributed by atoms with Crippen molar-refractivity contribution in [1.29, 1.82) is 0 Å². The topological polar surface area (TPSA) is 83.0 Å². The maximum atomic E-state index is 13.2. The van der Waals surface area contributed by atoms with Crippen molar-refractivity contribution in [3.63, 3.8) is 0 Å². The summed E-state index contributed by atoms with van der Waals surface area (Å²) in [6, 6.07) is 20.0. The number of rotatable bonds is 11. The molecule has 2 aromatic carbocycles. The Hall–Kier alpha value is -3.61. The van der Waals surface area contributed by atoms with Crippen molar-refractivity contribution in [2.45, 2.75) is 64.6 Å². The number of benzene rings is 2. The summed E-state index contributed by atoms with van der Waals surface area (Å²) < 4.78 is 5.59. The molecule has 7 heteroatoms. The number of hydrogen-bond donors (Lipinski definition) is 1. The fourth-order valence-corrected chi connectivity index (χ4v) is 4.66. The number of nitrogens with zero attached hydrogens (tertiary/aromatic N) is 3. The van der Waals surface area contributed by atoms with E-state index in [4.69, 9.17) is 9.72 Å². The minimum atomic E-state index is -1.27. The van der Waals surface area contributed by atoms with E-state index in [1.165, 1.54) is 19.4 Å². The number of ether oxygens (including phenoxy) is 1. The maximum absolute atomic E-state index is 13.2. The van der Waals surface area contributed by atoms with Crippen molar-refractivity contribution < 1.29 is 19.4 Å². The van der Waals surface area contributed by atoms with E-state index in [-0.39, 0.29) is 12.1 Å². The van der Waals surface area contributed by atoms with Crippen LogP contribution in [0.3, 0.4) is 0 Å². The molecule has 2 heterocycles. The number of carboxylic acids is 1. The van der Waals surface area contributed by atoms with Gasteiger partial charge >= 0.3 is 12.0 Å². The third kappa shape index (κ3) is 5.96. The normalized spacial score (nSPS) is 16.1. The minimum absolute atomic E-state index is 0.0966. The number of carbonyl (C=O) groups is 2. The second kappa shape index (κ2) is 11.0. The molecule has 190 valence electrons. The van der Waals surface area contributed by atoms with Gasteiger partial charge in [0.05, 0.1) is 23.8 Å². The SMILES string of the molecule is CCCN1C(=O)N(Cc2ccc3ccccc3n2)CC1CCCc1ccc(OC(C)(C)C(=O)O)cc1. The highest BCUT2D eigenvalue weighted by Gasteiger charge is 2.36. The van der Waals surface area contributed by atoms with Gasteiger partial charge in [0.15, 0.2) is 5.60 Å². The lowest BCUT2D eigenvalue weighted by molar-refractivity contribution is -0.152. The average molecular weight is 490 g/mol. The van der Waals surface area contributed by atoms with Gasteiger partial charge in [-0.2, -0.15) is 0 Å². The van der Waals surface area contributed by atoms with Crippen LogP contribution in [0.2, 0.25) is 0 Å². The molecule has 36 heavy (non-hydrogen) atoms. The van der Waals surface area contributed by atoms with Crippen molar-refractivity contribution in [1.82, 2.24) is 14.8 Å². The molecular weight excluding hydrogens is 454 g/mol. The Bertz CT molecular complexity index is 1210. The molecule has 1 saturated heterocycles. The van der Waals surface area contributed by atoms with Crippen molar-refractivity contribution in [2.24, 2.45) is 0 Å². The summed E-state index contributed by atoms with van der Waals surface area (Å²) in [6.07, 6.45) is 3.71. The molecule has 0 radical (unpaired) electrons. The van der Waals surface area contributed by atoms with Crippen LogP contribution >= 0.6 is 0 Å². The Morgan fingerprint density at radius 1 is 1.11 bits per heavy atom. The number of aliphatic carboxylic acids is 1. The van der Waals surface area contributed by atoms with Crippen molar-refractivity contribution in [2.75, 3.05) is 13.1 Å². The Kier molecular flexibility index (Phi) is 7.77. The minimum Gasteiger partial charge on any atom is -0.478 e. The summed E-state index contributed by atoms with van der Waals surface area (Å²) in [7, 11) is 0. The summed E-state index contributed by atoms with van der Waals surface area (Å²) in [4.78, 5) is 33.1. The first-order valence-corrected chi connectivity index (χ1v) is 12.7. The van der Waals surface area contributed by atoms with E-state index < -0.39 is 11.6 Å². The molecule has 0 bridgehead atoms. The number of carboxylic acid groups (broad SMARTS) is 1. The molecule has 0 spiro atoms. The van der Waals surface area contributed by atoms with E-state index in [1.807, 2.05) is 64.4 Å². The van der Waals surface area contributed by atoms with Crippen LogP contribution in [0.5, 0.6) is 5.75 Å². The molecule has 3 aromatic rings. The number of urea groups is 1. The molecule has 1 aliphatic heterocycles. The van der Waals surface area contributed by atoms with Gasteiger partial charge < -0.3 is 19.6 Å². The van der Waals surface area contributed by atoms with Gasteiger partial charge in [0.25, 0.3) is 0 Å². The molecular formula is C29H35N3O4. The molecule has 7 nitrogen and oxygen atoms in total. The van der Waals surface area contributed by atoms with Gasteiger partial charge in [0.1, 0.15) is 5.75 Å². The van der Waals surface area contributed by atoms with Crippen LogP contribution in [0, 0.1) is 0 Å². The zero-order chi connectivity index (χ0) is 25.7. The summed E-state index contributed by atoms with van der Waals surface area (Å²) in [5.41, 5.74) is 1.76. The first kappa shape index (κ1) is 25.5. The van der Waals surface area contributed by atoms with Crippen LogP contribution in [-0.2, 0) is 17.8 Å². The third-order valence-electron chi connectivity index (χ3n) is 6.68. The number of para-hydroxylation sites is 1. The quantitative estimate of drug-likeness (QED) is 0.384. The fourth-order valence-electron chi connectivity index (χ4n) is 4.66. The van der Waals surface area contributed by atoms with Crippen molar-refractivity contribution in [3.8, 4) is 5.75 Å². The van der Waals surface area contributed by atoms with Crippen LogP contribution in [-0.4, -0.2) is 56.6 Å². The number of aryl methyl sites for hydroxylation is 1. The van der Waals surface area contributed by atoms with Gasteiger partial charge in [-0.05, 0) is 69.4 Å². The average Bonchev–Trinajstić information content (AvgIpc) is 3.14. The third-order valence-corrected chi connectivity index (χ3v) is 6.68. The van der Waals surface area contributed by atoms with Gasteiger partial charge in [0.2, 0.25) is 0 Å². The predicted octanol–water partition coefficient (Wildman–Crippen LogP) is 5.52. The predicted molar refractivity (Wildman–Crippen MR) is 140 cm³/mol. The van der Waals surface area contributed by atoms with E-state index in [2.05, 4.69) is 13.0 Å². The fraction of sp³-hybridized carbons (Fsp3) is 0.414. The van der Waals surface area contributed by atoms with E-state index >= 15 is 0 Å². The van der Waals surface area contributed by atoms with E-state index in [9.17, 15) is 14.7 Å². The van der Waals surface area contributed by atoms with Gasteiger partial charge in [-0.15, -0.1) is 0 Å². The van der Waals surface area contributed by atoms with E-state index in [1.54, 1.807) is 0 Å². The van der Waals surface area contributed by atoms with Gasteiger partial charge in [-0.1, -0.05) is 43.3 Å². The van der Waals surface area contributed by atoms with Crippen LogP contribution in [0.15, 0.2) is 60.7 Å². The van der Waals surface area contributed by atoms with Crippen LogP contribution in [0.1, 0.15) is 51.3 Å². The van der Waals surface area contributed by atoms with Crippen molar-refractivity contribution >= 4 is 22.9 Å². The summed E-state index contributed by atoms with van der Waals surface area (Å²) in [5, 5.41) is 10.3. The molecule has 0 aliphatic carbocycles. The number of aromatic nitrogens is 1. The monoisotopic (exact) mass is 489 g/mol. The standard InChI is InChI=1S/C29H35N3O4/c1-4-18-32-24(10-7-8-21-12-16-25(17-13-21)36-29(2,3)27(33)34)20-31(28(32)35)19-23-15-14-22-9-5-6-11-26(22)30-23/h5-6,9,11-17,24H,4,7-8,10,18-20H2,1-3H3,(H,33,34). The molecule has 2 amide bonds. The number of pyridine rings is 1. The maximum Gasteiger partial charge on any atom is 0.347 e. The lowest BCUT2D eigenvalue weighted by Gasteiger charge is -2.23. The highest BCUT2D eigenvalue weighted by Crippen LogP contribution is 2.25. The Labute approximate surface area is 212 Å². The highest BCUT2D eigenvalue weighted by molar-refractivity contribution is 5.79. The second-order valence-corrected chi connectivity index (χ2v) is 9.96.